The molecule has 0 aliphatic carbocycles. The van der Waals surface area contributed by atoms with Crippen LogP contribution in [0.2, 0.25) is 0 Å². The summed E-state index contributed by atoms with van der Waals surface area (Å²) in [6, 6.07) is 0. The van der Waals surface area contributed by atoms with E-state index in [1.54, 1.807) is 15.6 Å². The Morgan fingerprint density at radius 3 is 2.75 bits per heavy atom. The fourth-order valence-corrected chi connectivity index (χ4v) is 1.61. The van der Waals surface area contributed by atoms with E-state index in [0.717, 1.165) is 11.4 Å². The van der Waals surface area contributed by atoms with Gasteiger partial charge < -0.3 is 10.1 Å². The lowest BCUT2D eigenvalue weighted by atomic mass is 10.1. The van der Waals surface area contributed by atoms with Gasteiger partial charge in [-0.05, 0) is 20.8 Å². The van der Waals surface area contributed by atoms with Crippen molar-refractivity contribution in [2.75, 3.05) is 6.61 Å². The van der Waals surface area contributed by atoms with Crippen molar-refractivity contribution in [3.63, 3.8) is 0 Å². The van der Waals surface area contributed by atoms with Gasteiger partial charge in [-0.2, -0.15) is 5.10 Å². The van der Waals surface area contributed by atoms with Gasteiger partial charge in [0.1, 0.15) is 6.61 Å². The van der Waals surface area contributed by atoms with Crippen LogP contribution < -0.4 is 10.1 Å². The van der Waals surface area contributed by atoms with Crippen molar-refractivity contribution in [2.45, 2.75) is 39.4 Å². The summed E-state index contributed by atoms with van der Waals surface area (Å²) in [5.41, 5.74) is 1.01. The van der Waals surface area contributed by atoms with Crippen LogP contribution in [-0.4, -0.2) is 36.9 Å². The van der Waals surface area contributed by atoms with E-state index in [9.17, 15) is 0 Å². The standard InChI is InChI=1S/C13H22N6O/c1-13(2,3)14-7-11-9-19(17-16-11)5-6-20-12-8-15-18(4)10-12/h8-10,14H,5-7H2,1-4H3. The molecule has 0 bridgehead atoms. The van der Waals surface area contributed by atoms with Crippen LogP contribution >= 0.6 is 0 Å². The van der Waals surface area contributed by atoms with E-state index in [2.05, 4.69) is 41.5 Å². The highest BCUT2D eigenvalue weighted by atomic mass is 16.5. The fourth-order valence-electron chi connectivity index (χ4n) is 1.61. The molecule has 0 aromatic carbocycles. The predicted molar refractivity (Wildman–Crippen MR) is 75.3 cm³/mol. The lowest BCUT2D eigenvalue weighted by molar-refractivity contribution is 0.289. The molecule has 7 nitrogen and oxygen atoms in total. The molecule has 0 saturated heterocycles. The number of rotatable bonds is 6. The number of nitrogens with zero attached hydrogens (tertiary/aromatic N) is 5. The molecule has 2 rings (SSSR count). The summed E-state index contributed by atoms with van der Waals surface area (Å²) in [6.07, 6.45) is 5.46. The van der Waals surface area contributed by atoms with Crippen molar-refractivity contribution >= 4 is 0 Å². The Hall–Kier alpha value is -1.89. The topological polar surface area (TPSA) is 69.8 Å². The van der Waals surface area contributed by atoms with Crippen LogP contribution in [0.4, 0.5) is 0 Å². The summed E-state index contributed by atoms with van der Waals surface area (Å²) >= 11 is 0. The molecule has 0 fully saturated rings. The van der Waals surface area contributed by atoms with E-state index >= 15 is 0 Å². The normalized spacial score (nSPS) is 11.8. The highest BCUT2D eigenvalue weighted by Gasteiger charge is 2.10. The van der Waals surface area contributed by atoms with Crippen molar-refractivity contribution in [2.24, 2.45) is 7.05 Å². The molecule has 20 heavy (non-hydrogen) atoms. The van der Waals surface area contributed by atoms with Crippen LogP contribution in [0.15, 0.2) is 18.6 Å². The largest absolute Gasteiger partial charge is 0.488 e. The fraction of sp³-hybridized carbons (Fsp3) is 0.615. The molecule has 0 saturated carbocycles. The Kier molecular flexibility index (Phi) is 4.39. The Morgan fingerprint density at radius 2 is 2.10 bits per heavy atom. The van der Waals surface area contributed by atoms with Crippen molar-refractivity contribution in [3.05, 3.63) is 24.3 Å². The van der Waals surface area contributed by atoms with E-state index in [0.29, 0.717) is 19.7 Å². The van der Waals surface area contributed by atoms with Crippen LogP contribution in [0.25, 0.3) is 0 Å². The van der Waals surface area contributed by atoms with Crippen molar-refractivity contribution in [1.82, 2.24) is 30.1 Å². The first-order valence-corrected chi connectivity index (χ1v) is 6.68. The Labute approximate surface area is 118 Å². The van der Waals surface area contributed by atoms with E-state index in [1.165, 1.54) is 0 Å². The average molecular weight is 278 g/mol. The lowest BCUT2D eigenvalue weighted by Gasteiger charge is -2.19. The number of hydrogen-bond donors (Lipinski definition) is 1. The van der Waals surface area contributed by atoms with Gasteiger partial charge in [-0.3, -0.25) is 4.68 Å². The SMILES string of the molecule is Cn1cc(OCCn2cc(CNC(C)(C)C)nn2)cn1. The molecular weight excluding hydrogens is 256 g/mol. The smallest absolute Gasteiger partial charge is 0.157 e. The van der Waals surface area contributed by atoms with Gasteiger partial charge >= 0.3 is 0 Å². The molecule has 0 atom stereocenters. The zero-order chi connectivity index (χ0) is 14.6. The van der Waals surface area contributed by atoms with Crippen molar-refractivity contribution in [3.8, 4) is 5.75 Å². The highest BCUT2D eigenvalue weighted by molar-refractivity contribution is 5.11. The molecular formula is C13H22N6O. The molecule has 0 radical (unpaired) electrons. The third-order valence-corrected chi connectivity index (χ3v) is 2.66. The number of nitrogens with one attached hydrogen (secondary N) is 1. The minimum absolute atomic E-state index is 0.0766. The van der Waals surface area contributed by atoms with Crippen LogP contribution in [0.3, 0.4) is 0 Å². The summed E-state index contributed by atoms with van der Waals surface area (Å²) in [4.78, 5) is 0. The third kappa shape index (κ3) is 4.65. The van der Waals surface area contributed by atoms with Gasteiger partial charge in [-0.25, -0.2) is 4.68 Å². The zero-order valence-electron chi connectivity index (χ0n) is 12.5. The van der Waals surface area contributed by atoms with Crippen LogP contribution in [0, 0.1) is 0 Å². The number of aromatic nitrogens is 5. The molecule has 2 aromatic heterocycles. The third-order valence-electron chi connectivity index (χ3n) is 2.66. The van der Waals surface area contributed by atoms with E-state index in [4.69, 9.17) is 4.74 Å². The summed E-state index contributed by atoms with van der Waals surface area (Å²) in [5, 5.41) is 15.6. The van der Waals surface area contributed by atoms with Gasteiger partial charge in [-0.1, -0.05) is 5.21 Å². The summed E-state index contributed by atoms with van der Waals surface area (Å²) in [7, 11) is 1.86. The quantitative estimate of drug-likeness (QED) is 0.853. The number of hydrogen-bond acceptors (Lipinski definition) is 5. The molecule has 0 unspecified atom stereocenters. The van der Waals surface area contributed by atoms with E-state index < -0.39 is 0 Å². The minimum atomic E-state index is 0.0766. The molecule has 110 valence electrons. The van der Waals surface area contributed by atoms with Gasteiger partial charge in [0.2, 0.25) is 0 Å². The maximum Gasteiger partial charge on any atom is 0.157 e. The first-order chi connectivity index (χ1) is 9.42. The summed E-state index contributed by atoms with van der Waals surface area (Å²) < 4.78 is 9.06. The maximum atomic E-state index is 5.57. The first kappa shape index (κ1) is 14.5. The predicted octanol–water partition coefficient (Wildman–Crippen LogP) is 0.979. The first-order valence-electron chi connectivity index (χ1n) is 6.68. The number of aryl methyl sites for hydroxylation is 1. The van der Waals surface area contributed by atoms with E-state index in [1.807, 2.05) is 19.4 Å². The Morgan fingerprint density at radius 1 is 1.30 bits per heavy atom. The molecule has 2 aromatic rings. The van der Waals surface area contributed by atoms with Gasteiger partial charge in [0, 0.05) is 25.3 Å². The average Bonchev–Trinajstić information content (AvgIpc) is 2.95. The molecule has 0 amide bonds. The molecule has 2 heterocycles. The summed E-state index contributed by atoms with van der Waals surface area (Å²) in [5.74, 6) is 0.766. The zero-order valence-corrected chi connectivity index (χ0v) is 12.5. The molecule has 0 aliphatic rings. The number of ether oxygens (including phenoxy) is 1. The minimum Gasteiger partial charge on any atom is -0.488 e. The molecule has 7 heteroatoms. The molecule has 0 spiro atoms. The monoisotopic (exact) mass is 278 g/mol. The van der Waals surface area contributed by atoms with Crippen LogP contribution in [-0.2, 0) is 20.1 Å². The van der Waals surface area contributed by atoms with Gasteiger partial charge in [-0.15, -0.1) is 5.10 Å². The molecule has 0 aliphatic heterocycles. The highest BCUT2D eigenvalue weighted by Crippen LogP contribution is 2.06. The lowest BCUT2D eigenvalue weighted by Crippen LogP contribution is -2.35. The molecule has 1 N–H and O–H groups in total. The van der Waals surface area contributed by atoms with E-state index in [-0.39, 0.29) is 5.54 Å². The van der Waals surface area contributed by atoms with Crippen LogP contribution in [0.5, 0.6) is 5.75 Å². The second-order valence-corrected chi connectivity index (χ2v) is 5.77. The van der Waals surface area contributed by atoms with Gasteiger partial charge in [0.15, 0.2) is 5.75 Å². The second-order valence-electron chi connectivity index (χ2n) is 5.77. The van der Waals surface area contributed by atoms with Crippen LogP contribution in [0.1, 0.15) is 26.5 Å². The Bertz CT molecular complexity index is 539. The van der Waals surface area contributed by atoms with Gasteiger partial charge in [0.25, 0.3) is 0 Å². The van der Waals surface area contributed by atoms with Crippen molar-refractivity contribution < 1.29 is 4.74 Å². The van der Waals surface area contributed by atoms with Gasteiger partial charge in [0.05, 0.1) is 24.6 Å². The summed E-state index contributed by atoms with van der Waals surface area (Å²) in [6.45, 7) is 8.29. The Balaban J connectivity index is 1.75. The second kappa shape index (κ2) is 6.04. The maximum absolute atomic E-state index is 5.57. The van der Waals surface area contributed by atoms with Crippen molar-refractivity contribution in [1.29, 1.82) is 0 Å².